The molecule has 0 radical (unpaired) electrons. The Morgan fingerprint density at radius 3 is 2.74 bits per heavy atom. The fourth-order valence-electron chi connectivity index (χ4n) is 2.86. The molecule has 2 aliphatic rings. The van der Waals surface area contributed by atoms with Gasteiger partial charge in [-0.25, -0.2) is 4.98 Å². The number of carbonyl (C=O) groups excluding carboxylic acids is 2. The van der Waals surface area contributed by atoms with Crippen molar-refractivity contribution in [2.75, 3.05) is 31.5 Å². The maximum absolute atomic E-state index is 12.2. The average Bonchev–Trinajstić information content (AvgIpc) is 3.30. The first kappa shape index (κ1) is 16.4. The maximum Gasteiger partial charge on any atom is 0.236 e. The zero-order valence-electron chi connectivity index (χ0n) is 13.8. The second kappa shape index (κ2) is 6.97. The van der Waals surface area contributed by atoms with Crippen LogP contribution < -0.4 is 5.32 Å². The van der Waals surface area contributed by atoms with Gasteiger partial charge in [-0.15, -0.1) is 11.3 Å². The van der Waals surface area contributed by atoms with E-state index in [-0.39, 0.29) is 17.7 Å². The van der Waals surface area contributed by atoms with Crippen LogP contribution >= 0.6 is 11.3 Å². The summed E-state index contributed by atoms with van der Waals surface area (Å²) in [6.45, 7) is 7.59. The molecule has 2 heterocycles. The van der Waals surface area contributed by atoms with Gasteiger partial charge in [-0.05, 0) is 26.7 Å². The fraction of sp³-hybridized carbons (Fsp3) is 0.688. The minimum Gasteiger partial charge on any atom is -0.342 e. The van der Waals surface area contributed by atoms with Crippen LogP contribution in [0.15, 0.2) is 0 Å². The van der Waals surface area contributed by atoms with E-state index in [0.717, 1.165) is 51.1 Å². The van der Waals surface area contributed by atoms with E-state index in [4.69, 9.17) is 0 Å². The van der Waals surface area contributed by atoms with Crippen molar-refractivity contribution >= 4 is 28.3 Å². The van der Waals surface area contributed by atoms with Gasteiger partial charge >= 0.3 is 0 Å². The van der Waals surface area contributed by atoms with Crippen molar-refractivity contribution in [2.45, 2.75) is 39.7 Å². The third kappa shape index (κ3) is 3.90. The zero-order valence-corrected chi connectivity index (χ0v) is 14.6. The van der Waals surface area contributed by atoms with E-state index in [1.165, 1.54) is 4.88 Å². The van der Waals surface area contributed by atoms with Crippen LogP contribution in [0, 0.1) is 5.92 Å². The third-order valence-electron chi connectivity index (χ3n) is 4.46. The summed E-state index contributed by atoms with van der Waals surface area (Å²) in [4.78, 5) is 33.8. The number of fused-ring (bicyclic) bond motifs is 1. The molecule has 1 aromatic heterocycles. The summed E-state index contributed by atoms with van der Waals surface area (Å²) in [5.41, 5.74) is 1.08. The first-order valence-corrected chi connectivity index (χ1v) is 9.21. The standard InChI is InChI=1S/C16H24N4O2S/c1-3-20(4-2)14(21)10-19-8-7-12-13(9-19)23-16(17-12)18-15(22)11-5-6-11/h11H,3-10H2,1-2H3,(H,17,18,22). The molecule has 0 atom stereocenters. The third-order valence-corrected chi connectivity index (χ3v) is 5.46. The Bertz CT molecular complexity index is 593. The van der Waals surface area contributed by atoms with Crippen LogP contribution in [0.5, 0.6) is 0 Å². The molecule has 0 aromatic carbocycles. The zero-order chi connectivity index (χ0) is 16.4. The van der Waals surface area contributed by atoms with Gasteiger partial charge in [0.15, 0.2) is 5.13 Å². The van der Waals surface area contributed by atoms with Crippen LogP contribution in [0.1, 0.15) is 37.3 Å². The quantitative estimate of drug-likeness (QED) is 0.859. The highest BCUT2D eigenvalue weighted by atomic mass is 32.1. The second-order valence-electron chi connectivity index (χ2n) is 6.18. The van der Waals surface area contributed by atoms with Gasteiger partial charge in [-0.3, -0.25) is 14.5 Å². The van der Waals surface area contributed by atoms with E-state index in [9.17, 15) is 9.59 Å². The first-order valence-electron chi connectivity index (χ1n) is 8.40. The van der Waals surface area contributed by atoms with E-state index in [1.807, 2.05) is 18.7 Å². The summed E-state index contributed by atoms with van der Waals surface area (Å²) in [6, 6.07) is 0. The van der Waals surface area contributed by atoms with Crippen molar-refractivity contribution in [3.63, 3.8) is 0 Å². The van der Waals surface area contributed by atoms with E-state index in [1.54, 1.807) is 11.3 Å². The molecule has 0 spiro atoms. The van der Waals surface area contributed by atoms with Gasteiger partial charge in [-0.1, -0.05) is 0 Å². The predicted molar refractivity (Wildman–Crippen MR) is 90.4 cm³/mol. The van der Waals surface area contributed by atoms with E-state index >= 15 is 0 Å². The number of hydrogen-bond acceptors (Lipinski definition) is 5. The fourth-order valence-corrected chi connectivity index (χ4v) is 3.91. The number of carbonyl (C=O) groups is 2. The van der Waals surface area contributed by atoms with Crippen LogP contribution in [0.3, 0.4) is 0 Å². The normalized spacial score (nSPS) is 17.7. The summed E-state index contributed by atoms with van der Waals surface area (Å²) in [5, 5.41) is 3.64. The Labute approximate surface area is 140 Å². The van der Waals surface area contributed by atoms with Crippen molar-refractivity contribution in [3.05, 3.63) is 10.6 Å². The van der Waals surface area contributed by atoms with Crippen LogP contribution in [0.4, 0.5) is 5.13 Å². The van der Waals surface area contributed by atoms with Crippen molar-refractivity contribution < 1.29 is 9.59 Å². The Kier molecular flexibility index (Phi) is 4.96. The molecule has 1 aliphatic carbocycles. The van der Waals surface area contributed by atoms with Crippen LogP contribution in [-0.2, 0) is 22.6 Å². The highest BCUT2D eigenvalue weighted by Crippen LogP contribution is 2.32. The number of amides is 2. The smallest absolute Gasteiger partial charge is 0.236 e. The molecule has 0 saturated heterocycles. The summed E-state index contributed by atoms with van der Waals surface area (Å²) >= 11 is 1.55. The highest BCUT2D eigenvalue weighted by molar-refractivity contribution is 7.15. The molecule has 2 amide bonds. The molecule has 1 aromatic rings. The summed E-state index contributed by atoms with van der Waals surface area (Å²) < 4.78 is 0. The predicted octanol–water partition coefficient (Wildman–Crippen LogP) is 1.72. The van der Waals surface area contributed by atoms with Crippen LogP contribution in [0.2, 0.25) is 0 Å². The molecule has 1 saturated carbocycles. The molecule has 1 fully saturated rings. The number of likely N-dealkylation sites (N-methyl/N-ethyl adjacent to an activating group) is 1. The summed E-state index contributed by atoms with van der Waals surface area (Å²) in [5.74, 6) is 0.481. The lowest BCUT2D eigenvalue weighted by Gasteiger charge is -2.28. The minimum absolute atomic E-state index is 0.102. The Morgan fingerprint density at radius 1 is 1.35 bits per heavy atom. The Balaban J connectivity index is 1.58. The van der Waals surface area contributed by atoms with Gasteiger partial charge in [-0.2, -0.15) is 0 Å². The van der Waals surface area contributed by atoms with Gasteiger partial charge in [0.2, 0.25) is 11.8 Å². The van der Waals surface area contributed by atoms with Crippen LogP contribution in [0.25, 0.3) is 0 Å². The number of thiazole rings is 1. The number of anilines is 1. The lowest BCUT2D eigenvalue weighted by Crippen LogP contribution is -2.41. The van der Waals surface area contributed by atoms with Crippen molar-refractivity contribution in [1.29, 1.82) is 0 Å². The largest absolute Gasteiger partial charge is 0.342 e. The number of rotatable bonds is 6. The lowest BCUT2D eigenvalue weighted by molar-refractivity contribution is -0.132. The van der Waals surface area contributed by atoms with E-state index in [2.05, 4.69) is 15.2 Å². The Morgan fingerprint density at radius 2 is 2.09 bits per heavy atom. The molecule has 23 heavy (non-hydrogen) atoms. The first-order chi connectivity index (χ1) is 11.1. The number of nitrogens with one attached hydrogen (secondary N) is 1. The molecule has 7 heteroatoms. The summed E-state index contributed by atoms with van der Waals surface area (Å²) in [7, 11) is 0. The molecule has 0 bridgehead atoms. The summed E-state index contributed by atoms with van der Waals surface area (Å²) in [6.07, 6.45) is 2.84. The van der Waals surface area contributed by atoms with Gasteiger partial charge in [0.25, 0.3) is 0 Å². The average molecular weight is 336 g/mol. The topological polar surface area (TPSA) is 65.5 Å². The van der Waals surface area contributed by atoms with E-state index in [0.29, 0.717) is 11.7 Å². The van der Waals surface area contributed by atoms with Gasteiger partial charge in [0, 0.05) is 43.4 Å². The molecule has 1 N–H and O–H groups in total. The van der Waals surface area contributed by atoms with E-state index < -0.39 is 0 Å². The SMILES string of the molecule is CCN(CC)C(=O)CN1CCc2nc(NC(=O)C3CC3)sc2C1. The Hall–Kier alpha value is -1.47. The molecule has 3 rings (SSSR count). The van der Waals surface area contributed by atoms with Gasteiger partial charge in [0.1, 0.15) is 0 Å². The number of hydrogen-bond donors (Lipinski definition) is 1. The van der Waals surface area contributed by atoms with Crippen molar-refractivity contribution in [1.82, 2.24) is 14.8 Å². The second-order valence-corrected chi connectivity index (χ2v) is 7.26. The highest BCUT2D eigenvalue weighted by Gasteiger charge is 2.31. The number of aromatic nitrogens is 1. The van der Waals surface area contributed by atoms with Gasteiger partial charge < -0.3 is 10.2 Å². The molecular formula is C16H24N4O2S. The molecule has 0 unspecified atom stereocenters. The van der Waals surface area contributed by atoms with Crippen molar-refractivity contribution in [2.24, 2.45) is 5.92 Å². The molecule has 126 valence electrons. The minimum atomic E-state index is 0.102. The van der Waals surface area contributed by atoms with Crippen molar-refractivity contribution in [3.8, 4) is 0 Å². The lowest BCUT2D eigenvalue weighted by atomic mass is 10.2. The maximum atomic E-state index is 12.2. The monoisotopic (exact) mass is 336 g/mol. The van der Waals surface area contributed by atoms with Crippen LogP contribution in [-0.4, -0.2) is 52.8 Å². The number of nitrogens with zero attached hydrogens (tertiary/aromatic N) is 3. The molecule has 1 aliphatic heterocycles. The molecule has 6 nitrogen and oxygen atoms in total. The van der Waals surface area contributed by atoms with Gasteiger partial charge in [0.05, 0.1) is 12.2 Å². The molecular weight excluding hydrogens is 312 g/mol.